The number of halogens is 6. The summed E-state index contributed by atoms with van der Waals surface area (Å²) in [5.74, 6) is -5.16. The summed E-state index contributed by atoms with van der Waals surface area (Å²) in [6.07, 6.45) is -7.28. The van der Waals surface area contributed by atoms with E-state index in [1.54, 1.807) is 11.3 Å². The lowest BCUT2D eigenvalue weighted by Crippen LogP contribution is -2.53. The average molecular weight is 536 g/mol. The van der Waals surface area contributed by atoms with Crippen molar-refractivity contribution in [3.05, 3.63) is 22.4 Å². The number of rotatable bonds is 5. The van der Waals surface area contributed by atoms with Gasteiger partial charge >= 0.3 is 24.3 Å². The number of hydrogen-bond donors (Lipinski definition) is 2. The number of alkyl halides is 6. The van der Waals surface area contributed by atoms with E-state index in [1.165, 1.54) is 5.56 Å². The van der Waals surface area contributed by atoms with E-state index < -0.39 is 24.3 Å². The van der Waals surface area contributed by atoms with Crippen LogP contribution in [0, 0.1) is 0 Å². The van der Waals surface area contributed by atoms with Crippen LogP contribution in [-0.4, -0.2) is 101 Å². The van der Waals surface area contributed by atoms with E-state index in [2.05, 4.69) is 45.6 Å². The Bertz CT molecular complexity index is 808. The predicted octanol–water partition coefficient (Wildman–Crippen LogP) is 3.14. The van der Waals surface area contributed by atoms with Gasteiger partial charge in [0.15, 0.2) is 0 Å². The molecule has 0 bridgehead atoms. The van der Waals surface area contributed by atoms with E-state index in [1.807, 2.05) is 0 Å². The third-order valence-corrected chi connectivity index (χ3v) is 5.97. The first-order valence-corrected chi connectivity index (χ1v) is 11.3. The third kappa shape index (κ3) is 10.4. The number of thiophene rings is 1. The molecule has 8 nitrogen and oxygen atoms in total. The van der Waals surface area contributed by atoms with Crippen LogP contribution in [0.2, 0.25) is 0 Å². The van der Waals surface area contributed by atoms with Crippen LogP contribution in [0.15, 0.2) is 16.8 Å². The minimum atomic E-state index is -5.08. The van der Waals surface area contributed by atoms with Crippen molar-refractivity contribution in [3.8, 4) is 0 Å². The summed E-state index contributed by atoms with van der Waals surface area (Å²) in [6.45, 7) is 4.00. The second-order valence-electron chi connectivity index (χ2n) is 8.06. The standard InChI is InChI=1S/C16H25N3OS.2C2HF3O2/c1-17(2)8-9-19-15-5-7-18(11-13-6-10-21-12-13)14(15)3-4-16(19)20;2*3-2(4,5)1(6)7/h6,10,12,14-15H,3-5,7-9,11H2,1-2H3;2*(H,6,7)/t14-,15-;;/m1../s1. The molecular formula is C20H27F6N3O5S. The Hall–Kier alpha value is -2.39. The maximum Gasteiger partial charge on any atom is 0.490 e. The molecule has 3 rings (SSSR count). The number of carbonyl (C=O) groups is 3. The Morgan fingerprint density at radius 3 is 2.03 bits per heavy atom. The summed E-state index contributed by atoms with van der Waals surface area (Å²) in [5.41, 5.74) is 1.41. The van der Waals surface area contributed by atoms with Gasteiger partial charge in [-0.3, -0.25) is 9.69 Å². The second kappa shape index (κ2) is 13.1. The van der Waals surface area contributed by atoms with Gasteiger partial charge in [-0.05, 0) is 49.3 Å². The largest absolute Gasteiger partial charge is 0.490 e. The number of carbonyl (C=O) groups excluding carboxylic acids is 1. The van der Waals surface area contributed by atoms with Gasteiger partial charge in [0.25, 0.3) is 0 Å². The van der Waals surface area contributed by atoms with Crippen molar-refractivity contribution >= 4 is 29.2 Å². The Balaban J connectivity index is 0.000000362. The highest BCUT2D eigenvalue weighted by Gasteiger charge is 2.42. The minimum Gasteiger partial charge on any atom is -0.475 e. The number of carboxylic acids is 2. The van der Waals surface area contributed by atoms with Gasteiger partial charge in [0, 0.05) is 44.7 Å². The highest BCUT2D eigenvalue weighted by Crippen LogP contribution is 2.32. The molecule has 15 heteroatoms. The van der Waals surface area contributed by atoms with Gasteiger partial charge in [0.2, 0.25) is 5.91 Å². The van der Waals surface area contributed by atoms with Gasteiger partial charge in [0.1, 0.15) is 0 Å². The number of nitrogens with zero attached hydrogens (tertiary/aromatic N) is 3. The Morgan fingerprint density at radius 1 is 1.06 bits per heavy atom. The molecule has 2 saturated heterocycles. The smallest absolute Gasteiger partial charge is 0.475 e. The topological polar surface area (TPSA) is 101 Å². The maximum absolute atomic E-state index is 12.3. The molecule has 0 aromatic carbocycles. The number of carboxylic acid groups (broad SMARTS) is 2. The molecule has 3 heterocycles. The highest BCUT2D eigenvalue weighted by atomic mass is 32.1. The zero-order chi connectivity index (χ0) is 27.0. The summed E-state index contributed by atoms with van der Waals surface area (Å²) < 4.78 is 63.5. The average Bonchev–Trinajstić information content (AvgIpc) is 3.37. The van der Waals surface area contributed by atoms with Gasteiger partial charge in [-0.1, -0.05) is 0 Å². The normalized spacial score (nSPS) is 20.5. The molecule has 2 aliphatic rings. The van der Waals surface area contributed by atoms with E-state index in [4.69, 9.17) is 19.8 Å². The zero-order valence-corrected chi connectivity index (χ0v) is 19.8. The molecule has 1 aromatic rings. The predicted molar refractivity (Wildman–Crippen MR) is 114 cm³/mol. The lowest BCUT2D eigenvalue weighted by Gasteiger charge is -2.40. The number of amides is 1. The lowest BCUT2D eigenvalue weighted by atomic mass is 9.96. The fourth-order valence-corrected chi connectivity index (χ4v) is 4.31. The van der Waals surface area contributed by atoms with Crippen molar-refractivity contribution in [2.45, 2.75) is 50.2 Å². The summed E-state index contributed by atoms with van der Waals surface area (Å²) in [5, 5.41) is 18.6. The molecule has 0 saturated carbocycles. The molecule has 200 valence electrons. The molecule has 2 N–H and O–H groups in total. The quantitative estimate of drug-likeness (QED) is 0.559. The Labute approximate surface area is 201 Å². The molecular weight excluding hydrogens is 508 g/mol. The SMILES string of the molecule is CN(C)CCN1C(=O)CC[C@@H]2[C@H]1CCN2Cc1ccsc1.O=C(O)C(F)(F)F.O=C(O)C(F)(F)F. The third-order valence-electron chi connectivity index (χ3n) is 5.24. The van der Waals surface area contributed by atoms with Gasteiger partial charge in [0.05, 0.1) is 0 Å². The van der Waals surface area contributed by atoms with Crippen LogP contribution in [-0.2, 0) is 20.9 Å². The van der Waals surface area contributed by atoms with Crippen molar-refractivity contribution in [3.63, 3.8) is 0 Å². The van der Waals surface area contributed by atoms with Crippen LogP contribution in [0.25, 0.3) is 0 Å². The summed E-state index contributed by atoms with van der Waals surface area (Å²) in [4.78, 5) is 37.0. The van der Waals surface area contributed by atoms with Crippen LogP contribution >= 0.6 is 11.3 Å². The number of fused-ring (bicyclic) bond motifs is 1. The number of hydrogen-bond acceptors (Lipinski definition) is 6. The van der Waals surface area contributed by atoms with E-state index >= 15 is 0 Å². The van der Waals surface area contributed by atoms with Gasteiger partial charge in [-0.2, -0.15) is 37.7 Å². The zero-order valence-electron chi connectivity index (χ0n) is 19.0. The van der Waals surface area contributed by atoms with Crippen molar-refractivity contribution in [2.24, 2.45) is 0 Å². The summed E-state index contributed by atoms with van der Waals surface area (Å²) in [7, 11) is 4.15. The Kier molecular flexibility index (Phi) is 11.4. The van der Waals surface area contributed by atoms with E-state index in [0.29, 0.717) is 24.4 Å². The monoisotopic (exact) mass is 535 g/mol. The summed E-state index contributed by atoms with van der Waals surface area (Å²) in [6, 6.07) is 3.21. The fourth-order valence-electron chi connectivity index (χ4n) is 3.65. The van der Waals surface area contributed by atoms with Crippen LogP contribution in [0.1, 0.15) is 24.8 Å². The lowest BCUT2D eigenvalue weighted by molar-refractivity contribution is -0.193. The van der Waals surface area contributed by atoms with Gasteiger partial charge < -0.3 is 20.0 Å². The molecule has 2 atom stereocenters. The van der Waals surface area contributed by atoms with E-state index in [0.717, 1.165) is 39.0 Å². The first kappa shape index (κ1) is 30.6. The van der Waals surface area contributed by atoms with Crippen LogP contribution < -0.4 is 0 Å². The molecule has 35 heavy (non-hydrogen) atoms. The molecule has 2 fully saturated rings. The van der Waals surface area contributed by atoms with Crippen LogP contribution in [0.5, 0.6) is 0 Å². The molecule has 1 amide bonds. The van der Waals surface area contributed by atoms with Gasteiger partial charge in [-0.25, -0.2) is 9.59 Å². The summed E-state index contributed by atoms with van der Waals surface area (Å²) >= 11 is 1.77. The van der Waals surface area contributed by atoms with Crippen molar-refractivity contribution in [1.29, 1.82) is 0 Å². The molecule has 1 aromatic heterocycles. The first-order chi connectivity index (χ1) is 16.0. The number of aliphatic carboxylic acids is 2. The molecule has 0 spiro atoms. The molecule has 2 aliphatic heterocycles. The minimum absolute atomic E-state index is 0.357. The van der Waals surface area contributed by atoms with Gasteiger partial charge in [-0.15, -0.1) is 0 Å². The van der Waals surface area contributed by atoms with Crippen LogP contribution in [0.4, 0.5) is 26.3 Å². The molecule has 0 unspecified atom stereocenters. The number of piperidine rings is 1. The number of likely N-dealkylation sites (tertiary alicyclic amines) is 2. The fraction of sp³-hybridized carbons (Fsp3) is 0.650. The second-order valence-corrected chi connectivity index (χ2v) is 8.84. The highest BCUT2D eigenvalue weighted by molar-refractivity contribution is 7.07. The van der Waals surface area contributed by atoms with Crippen LogP contribution in [0.3, 0.4) is 0 Å². The maximum atomic E-state index is 12.3. The van der Waals surface area contributed by atoms with Crippen molar-refractivity contribution in [1.82, 2.24) is 14.7 Å². The van der Waals surface area contributed by atoms with E-state index in [9.17, 15) is 31.1 Å². The Morgan fingerprint density at radius 2 is 1.60 bits per heavy atom. The van der Waals surface area contributed by atoms with Crippen molar-refractivity contribution in [2.75, 3.05) is 33.7 Å². The first-order valence-electron chi connectivity index (χ1n) is 10.3. The number of likely N-dealkylation sites (N-methyl/N-ethyl adjacent to an activating group) is 1. The molecule has 0 radical (unpaired) electrons. The van der Waals surface area contributed by atoms with E-state index in [-0.39, 0.29) is 0 Å². The molecule has 0 aliphatic carbocycles. The van der Waals surface area contributed by atoms with Crippen molar-refractivity contribution < 1.29 is 50.9 Å².